The summed E-state index contributed by atoms with van der Waals surface area (Å²) in [5, 5.41) is 6.75. The van der Waals surface area contributed by atoms with E-state index in [1.807, 2.05) is 34.6 Å². The van der Waals surface area contributed by atoms with E-state index in [9.17, 15) is 9.59 Å². The average molecular weight is 329 g/mol. The third-order valence-electron chi connectivity index (χ3n) is 3.96. The lowest BCUT2D eigenvalue weighted by molar-refractivity contribution is -0.116. The Labute approximate surface area is 141 Å². The molecule has 0 aliphatic heterocycles. The standard InChI is InChI=1S/C18H23N3O3/c1-10(2)18(23)14-9-19-7-6-15(14)20-16(22)8-11(3)17-12(4)21-24-13(17)5/h6-7,9-11H,8H2,1-5H3,(H,19,20,22)/t11-/m1/s1. The van der Waals surface area contributed by atoms with Gasteiger partial charge in [-0.1, -0.05) is 25.9 Å². The van der Waals surface area contributed by atoms with Crippen LogP contribution in [0.25, 0.3) is 0 Å². The molecule has 24 heavy (non-hydrogen) atoms. The lowest BCUT2D eigenvalue weighted by atomic mass is 9.95. The van der Waals surface area contributed by atoms with Crippen molar-refractivity contribution >= 4 is 17.4 Å². The normalized spacial score (nSPS) is 12.2. The van der Waals surface area contributed by atoms with Crippen molar-refractivity contribution in [3.63, 3.8) is 0 Å². The molecular formula is C18H23N3O3. The molecule has 0 saturated carbocycles. The zero-order chi connectivity index (χ0) is 17.9. The first kappa shape index (κ1) is 17.8. The summed E-state index contributed by atoms with van der Waals surface area (Å²) >= 11 is 0. The van der Waals surface area contributed by atoms with E-state index >= 15 is 0 Å². The van der Waals surface area contributed by atoms with Crippen LogP contribution in [-0.2, 0) is 4.79 Å². The maximum absolute atomic E-state index is 12.4. The smallest absolute Gasteiger partial charge is 0.224 e. The van der Waals surface area contributed by atoms with Crippen LogP contribution in [0, 0.1) is 19.8 Å². The van der Waals surface area contributed by atoms with Crippen molar-refractivity contribution in [2.45, 2.75) is 47.0 Å². The number of nitrogens with zero attached hydrogens (tertiary/aromatic N) is 2. The van der Waals surface area contributed by atoms with E-state index in [4.69, 9.17) is 4.52 Å². The van der Waals surface area contributed by atoms with Gasteiger partial charge in [0, 0.05) is 30.3 Å². The fourth-order valence-electron chi connectivity index (χ4n) is 2.79. The molecule has 6 nitrogen and oxygen atoms in total. The molecule has 0 fully saturated rings. The fourth-order valence-corrected chi connectivity index (χ4v) is 2.79. The van der Waals surface area contributed by atoms with Crippen molar-refractivity contribution in [3.8, 4) is 0 Å². The second kappa shape index (κ2) is 7.38. The zero-order valence-corrected chi connectivity index (χ0v) is 14.7. The van der Waals surface area contributed by atoms with Crippen molar-refractivity contribution in [1.82, 2.24) is 10.1 Å². The van der Waals surface area contributed by atoms with E-state index < -0.39 is 0 Å². The highest BCUT2D eigenvalue weighted by Gasteiger charge is 2.21. The molecule has 1 atom stereocenters. The van der Waals surface area contributed by atoms with Gasteiger partial charge >= 0.3 is 0 Å². The first-order valence-corrected chi connectivity index (χ1v) is 8.02. The number of carbonyl (C=O) groups excluding carboxylic acids is 2. The molecule has 1 N–H and O–H groups in total. The Morgan fingerprint density at radius 3 is 2.54 bits per heavy atom. The van der Waals surface area contributed by atoms with Crippen molar-refractivity contribution in [3.05, 3.63) is 41.0 Å². The van der Waals surface area contributed by atoms with Gasteiger partial charge in [0.25, 0.3) is 0 Å². The van der Waals surface area contributed by atoms with Crippen molar-refractivity contribution in [2.24, 2.45) is 5.92 Å². The van der Waals surface area contributed by atoms with Crippen LogP contribution in [-0.4, -0.2) is 21.8 Å². The maximum Gasteiger partial charge on any atom is 0.224 e. The van der Waals surface area contributed by atoms with E-state index in [1.54, 1.807) is 12.3 Å². The Morgan fingerprint density at radius 1 is 1.25 bits per heavy atom. The fraction of sp³-hybridized carbons (Fsp3) is 0.444. The van der Waals surface area contributed by atoms with Crippen LogP contribution < -0.4 is 5.32 Å². The summed E-state index contributed by atoms with van der Waals surface area (Å²) in [5.41, 5.74) is 2.69. The lowest BCUT2D eigenvalue weighted by Gasteiger charge is -2.14. The minimum absolute atomic E-state index is 0.0256. The average Bonchev–Trinajstić information content (AvgIpc) is 2.85. The molecule has 2 aromatic rings. The van der Waals surface area contributed by atoms with Crippen LogP contribution in [0.2, 0.25) is 0 Å². The number of ketones is 1. The third kappa shape index (κ3) is 3.88. The van der Waals surface area contributed by atoms with Gasteiger partial charge in [0.15, 0.2) is 5.78 Å². The van der Waals surface area contributed by atoms with Crippen LogP contribution in [0.15, 0.2) is 23.0 Å². The number of pyridine rings is 1. The molecule has 6 heteroatoms. The largest absolute Gasteiger partial charge is 0.361 e. The molecular weight excluding hydrogens is 306 g/mol. The first-order chi connectivity index (χ1) is 11.3. The topological polar surface area (TPSA) is 85.1 Å². The van der Waals surface area contributed by atoms with Gasteiger partial charge in [-0.2, -0.15) is 0 Å². The molecule has 0 aliphatic carbocycles. The van der Waals surface area contributed by atoms with E-state index in [2.05, 4.69) is 15.5 Å². The highest BCUT2D eigenvalue weighted by Crippen LogP contribution is 2.26. The molecule has 0 aliphatic rings. The van der Waals surface area contributed by atoms with Crippen molar-refractivity contribution in [1.29, 1.82) is 0 Å². The molecule has 0 spiro atoms. The van der Waals surface area contributed by atoms with Gasteiger partial charge in [-0.15, -0.1) is 0 Å². The number of aryl methyl sites for hydroxylation is 2. The number of hydrogen-bond donors (Lipinski definition) is 1. The number of hydrogen-bond acceptors (Lipinski definition) is 5. The molecule has 0 radical (unpaired) electrons. The number of amides is 1. The number of Topliss-reactive ketones (excluding diaryl/α,β-unsaturated/α-hetero) is 1. The Morgan fingerprint density at radius 2 is 1.96 bits per heavy atom. The van der Waals surface area contributed by atoms with Crippen molar-refractivity contribution in [2.75, 3.05) is 5.32 Å². The molecule has 1 amide bonds. The van der Waals surface area contributed by atoms with Gasteiger partial charge in [0.1, 0.15) is 5.76 Å². The number of carbonyl (C=O) groups is 2. The zero-order valence-electron chi connectivity index (χ0n) is 14.7. The van der Waals surface area contributed by atoms with Gasteiger partial charge in [-0.3, -0.25) is 14.6 Å². The molecule has 0 aromatic carbocycles. The van der Waals surface area contributed by atoms with Crippen LogP contribution in [0.1, 0.15) is 60.5 Å². The molecule has 2 rings (SSSR count). The summed E-state index contributed by atoms with van der Waals surface area (Å²) in [6.45, 7) is 9.30. The monoisotopic (exact) mass is 329 g/mol. The maximum atomic E-state index is 12.4. The predicted molar refractivity (Wildman–Crippen MR) is 91.0 cm³/mol. The van der Waals surface area contributed by atoms with Gasteiger partial charge in [0.2, 0.25) is 5.91 Å². The van der Waals surface area contributed by atoms with Gasteiger partial charge < -0.3 is 9.84 Å². The number of aromatic nitrogens is 2. The van der Waals surface area contributed by atoms with Crippen LogP contribution in [0.3, 0.4) is 0 Å². The minimum Gasteiger partial charge on any atom is -0.361 e. The Kier molecular flexibility index (Phi) is 5.49. The van der Waals surface area contributed by atoms with Gasteiger partial charge in [0.05, 0.1) is 16.9 Å². The summed E-state index contributed by atoms with van der Waals surface area (Å²) < 4.78 is 5.16. The molecule has 2 heterocycles. The molecule has 128 valence electrons. The Hall–Kier alpha value is -2.50. The summed E-state index contributed by atoms with van der Waals surface area (Å²) in [6.07, 6.45) is 3.33. The summed E-state index contributed by atoms with van der Waals surface area (Å²) in [6, 6.07) is 1.65. The van der Waals surface area contributed by atoms with E-state index in [0.717, 1.165) is 17.0 Å². The van der Waals surface area contributed by atoms with Crippen molar-refractivity contribution < 1.29 is 14.1 Å². The molecule has 0 saturated heterocycles. The van der Waals surface area contributed by atoms with Crippen LogP contribution in [0.5, 0.6) is 0 Å². The number of anilines is 1. The highest BCUT2D eigenvalue weighted by atomic mass is 16.5. The Bertz CT molecular complexity index is 730. The van der Waals surface area contributed by atoms with E-state index in [-0.39, 0.29) is 29.9 Å². The second-order valence-corrected chi connectivity index (χ2v) is 6.33. The minimum atomic E-state index is -0.161. The number of nitrogens with one attached hydrogen (secondary N) is 1. The quantitative estimate of drug-likeness (QED) is 0.818. The van der Waals surface area contributed by atoms with Gasteiger partial charge in [-0.25, -0.2) is 0 Å². The summed E-state index contributed by atoms with van der Waals surface area (Å²) in [4.78, 5) is 28.6. The van der Waals surface area contributed by atoms with E-state index in [1.165, 1.54) is 6.20 Å². The third-order valence-corrected chi connectivity index (χ3v) is 3.96. The van der Waals surface area contributed by atoms with Gasteiger partial charge in [-0.05, 0) is 25.8 Å². The van der Waals surface area contributed by atoms with Crippen LogP contribution >= 0.6 is 0 Å². The summed E-state index contributed by atoms with van der Waals surface area (Å²) in [7, 11) is 0. The highest BCUT2D eigenvalue weighted by molar-refractivity contribution is 6.05. The molecule has 0 unspecified atom stereocenters. The SMILES string of the molecule is Cc1noc(C)c1[C@H](C)CC(=O)Nc1ccncc1C(=O)C(C)C. The second-order valence-electron chi connectivity index (χ2n) is 6.33. The predicted octanol–water partition coefficient (Wildman–Crippen LogP) is 3.66. The lowest BCUT2D eigenvalue weighted by Crippen LogP contribution is -2.18. The first-order valence-electron chi connectivity index (χ1n) is 8.02. The molecule has 0 bridgehead atoms. The van der Waals surface area contributed by atoms with Crippen LogP contribution in [0.4, 0.5) is 5.69 Å². The summed E-state index contributed by atoms with van der Waals surface area (Å²) in [5.74, 6) is 0.337. The number of rotatable bonds is 6. The van der Waals surface area contributed by atoms with E-state index in [0.29, 0.717) is 11.3 Å². The molecule has 2 aromatic heterocycles. The Balaban J connectivity index is 2.12.